The number of hydrogen-bond acceptors (Lipinski definition) is 3. The number of ether oxygens (including phenoxy) is 1. The van der Waals surface area contributed by atoms with Crippen LogP contribution in [-0.4, -0.2) is 38.3 Å². The van der Waals surface area contributed by atoms with Crippen molar-refractivity contribution in [3.63, 3.8) is 0 Å². The lowest BCUT2D eigenvalue weighted by atomic mass is 9.93. The van der Waals surface area contributed by atoms with Crippen LogP contribution >= 0.6 is 0 Å². The summed E-state index contributed by atoms with van der Waals surface area (Å²) in [6, 6.07) is 0.532. The Kier molecular flexibility index (Phi) is 4.62. The van der Waals surface area contributed by atoms with Crippen LogP contribution in [0.25, 0.3) is 0 Å². The molecule has 1 saturated carbocycles. The fourth-order valence-corrected chi connectivity index (χ4v) is 3.41. The maximum atomic E-state index is 12.3. The first-order chi connectivity index (χ1) is 8.67. The van der Waals surface area contributed by atoms with Gasteiger partial charge in [0, 0.05) is 12.1 Å². The van der Waals surface area contributed by atoms with E-state index in [-0.39, 0.29) is 17.9 Å². The van der Waals surface area contributed by atoms with E-state index in [0.717, 1.165) is 12.3 Å². The van der Waals surface area contributed by atoms with Crippen molar-refractivity contribution < 1.29 is 9.53 Å². The SMILES string of the molecule is CCC1CCC(NC(=O)C2COCC2NC)C1C. The molecule has 1 aliphatic heterocycles. The Morgan fingerprint density at radius 1 is 1.28 bits per heavy atom. The second-order valence-corrected chi connectivity index (χ2v) is 5.76. The molecule has 2 rings (SSSR count). The molecule has 104 valence electrons. The Hall–Kier alpha value is -0.610. The van der Waals surface area contributed by atoms with E-state index in [1.807, 2.05) is 7.05 Å². The van der Waals surface area contributed by atoms with E-state index in [1.165, 1.54) is 12.8 Å². The lowest BCUT2D eigenvalue weighted by molar-refractivity contribution is -0.126. The van der Waals surface area contributed by atoms with E-state index in [9.17, 15) is 4.79 Å². The summed E-state index contributed by atoms with van der Waals surface area (Å²) in [6.07, 6.45) is 3.60. The Bertz CT molecular complexity index is 296. The van der Waals surface area contributed by atoms with Crippen molar-refractivity contribution in [2.24, 2.45) is 17.8 Å². The van der Waals surface area contributed by atoms with Crippen molar-refractivity contribution in [2.75, 3.05) is 20.3 Å². The molecule has 5 unspecified atom stereocenters. The molecule has 4 nitrogen and oxygen atoms in total. The largest absolute Gasteiger partial charge is 0.379 e. The highest BCUT2D eigenvalue weighted by molar-refractivity contribution is 5.80. The molecule has 0 radical (unpaired) electrons. The van der Waals surface area contributed by atoms with Gasteiger partial charge in [-0.3, -0.25) is 4.79 Å². The molecule has 0 bridgehead atoms. The van der Waals surface area contributed by atoms with Crippen molar-refractivity contribution in [3.05, 3.63) is 0 Å². The summed E-state index contributed by atoms with van der Waals surface area (Å²) in [7, 11) is 1.89. The molecule has 0 aromatic heterocycles. The summed E-state index contributed by atoms with van der Waals surface area (Å²) in [5.74, 6) is 1.52. The first kappa shape index (κ1) is 13.8. The highest BCUT2D eigenvalue weighted by Crippen LogP contribution is 2.34. The van der Waals surface area contributed by atoms with Gasteiger partial charge in [0.05, 0.1) is 19.1 Å². The molecule has 5 atom stereocenters. The highest BCUT2D eigenvalue weighted by Gasteiger charge is 2.37. The van der Waals surface area contributed by atoms with E-state index >= 15 is 0 Å². The van der Waals surface area contributed by atoms with Crippen LogP contribution in [0.5, 0.6) is 0 Å². The zero-order valence-electron chi connectivity index (χ0n) is 11.7. The van der Waals surface area contributed by atoms with Crippen molar-refractivity contribution in [2.45, 2.75) is 45.2 Å². The van der Waals surface area contributed by atoms with Crippen LogP contribution in [0.2, 0.25) is 0 Å². The number of carbonyl (C=O) groups is 1. The lowest BCUT2D eigenvalue weighted by Crippen LogP contribution is -2.47. The van der Waals surface area contributed by atoms with Crippen molar-refractivity contribution in [1.29, 1.82) is 0 Å². The Morgan fingerprint density at radius 3 is 2.67 bits per heavy atom. The second kappa shape index (κ2) is 6.02. The highest BCUT2D eigenvalue weighted by atomic mass is 16.5. The summed E-state index contributed by atoms with van der Waals surface area (Å²) in [5, 5.41) is 6.41. The maximum absolute atomic E-state index is 12.3. The molecule has 1 heterocycles. The zero-order valence-corrected chi connectivity index (χ0v) is 11.7. The quantitative estimate of drug-likeness (QED) is 0.791. The van der Waals surface area contributed by atoms with Gasteiger partial charge in [-0.2, -0.15) is 0 Å². The predicted octanol–water partition coefficient (Wildman–Crippen LogP) is 1.16. The summed E-state index contributed by atoms with van der Waals surface area (Å²) >= 11 is 0. The Morgan fingerprint density at radius 2 is 2.06 bits per heavy atom. The van der Waals surface area contributed by atoms with Crippen molar-refractivity contribution in [3.8, 4) is 0 Å². The number of hydrogen-bond donors (Lipinski definition) is 2. The fraction of sp³-hybridized carbons (Fsp3) is 0.929. The molecule has 1 saturated heterocycles. The summed E-state index contributed by atoms with van der Waals surface area (Å²) in [4.78, 5) is 12.3. The Balaban J connectivity index is 1.88. The minimum absolute atomic E-state index is 0.0251. The van der Waals surface area contributed by atoms with E-state index in [0.29, 0.717) is 25.2 Å². The lowest BCUT2D eigenvalue weighted by Gasteiger charge is -2.24. The zero-order chi connectivity index (χ0) is 13.1. The van der Waals surface area contributed by atoms with Gasteiger partial charge >= 0.3 is 0 Å². The van der Waals surface area contributed by atoms with Crippen LogP contribution in [0.3, 0.4) is 0 Å². The van der Waals surface area contributed by atoms with Crippen LogP contribution in [-0.2, 0) is 9.53 Å². The van der Waals surface area contributed by atoms with E-state index in [4.69, 9.17) is 4.74 Å². The first-order valence-corrected chi connectivity index (χ1v) is 7.22. The molecule has 0 spiro atoms. The van der Waals surface area contributed by atoms with Gasteiger partial charge in [0.2, 0.25) is 5.91 Å². The van der Waals surface area contributed by atoms with Crippen LogP contribution < -0.4 is 10.6 Å². The second-order valence-electron chi connectivity index (χ2n) is 5.76. The summed E-state index contributed by atoms with van der Waals surface area (Å²) in [6.45, 7) is 5.71. The molecular formula is C14H26N2O2. The van der Waals surface area contributed by atoms with Crippen molar-refractivity contribution >= 4 is 5.91 Å². The molecule has 2 fully saturated rings. The van der Waals surface area contributed by atoms with E-state index in [2.05, 4.69) is 24.5 Å². The number of amides is 1. The van der Waals surface area contributed by atoms with Gasteiger partial charge in [0.25, 0.3) is 0 Å². The van der Waals surface area contributed by atoms with Gasteiger partial charge in [-0.05, 0) is 31.7 Å². The van der Waals surface area contributed by atoms with Gasteiger partial charge in [-0.1, -0.05) is 20.3 Å². The summed E-state index contributed by atoms with van der Waals surface area (Å²) < 4.78 is 5.39. The van der Waals surface area contributed by atoms with Gasteiger partial charge in [-0.25, -0.2) is 0 Å². The Labute approximate surface area is 110 Å². The summed E-state index contributed by atoms with van der Waals surface area (Å²) in [5.41, 5.74) is 0. The van der Waals surface area contributed by atoms with Crippen LogP contribution in [0, 0.1) is 17.8 Å². The van der Waals surface area contributed by atoms with Gasteiger partial charge in [-0.15, -0.1) is 0 Å². The number of rotatable bonds is 4. The number of carbonyl (C=O) groups excluding carboxylic acids is 1. The standard InChI is InChI=1S/C14H26N2O2/c1-4-10-5-6-12(9(10)2)16-14(17)11-7-18-8-13(11)15-3/h9-13,15H,4-8H2,1-3H3,(H,16,17). The molecule has 1 aliphatic carbocycles. The minimum atomic E-state index is -0.0251. The topological polar surface area (TPSA) is 50.4 Å². The third-order valence-electron chi connectivity index (χ3n) is 4.87. The molecule has 0 aromatic rings. The van der Waals surface area contributed by atoms with Gasteiger partial charge in [0.15, 0.2) is 0 Å². The maximum Gasteiger partial charge on any atom is 0.227 e. The molecule has 0 aromatic carbocycles. The van der Waals surface area contributed by atoms with Gasteiger partial charge < -0.3 is 15.4 Å². The third kappa shape index (κ3) is 2.69. The predicted molar refractivity (Wildman–Crippen MR) is 71.3 cm³/mol. The van der Waals surface area contributed by atoms with E-state index < -0.39 is 0 Å². The first-order valence-electron chi connectivity index (χ1n) is 7.22. The molecule has 2 aliphatic rings. The smallest absolute Gasteiger partial charge is 0.227 e. The van der Waals surface area contributed by atoms with Crippen LogP contribution in [0.1, 0.15) is 33.1 Å². The molecule has 18 heavy (non-hydrogen) atoms. The van der Waals surface area contributed by atoms with Crippen LogP contribution in [0.15, 0.2) is 0 Å². The minimum Gasteiger partial charge on any atom is -0.379 e. The number of likely N-dealkylation sites (N-methyl/N-ethyl adjacent to an activating group) is 1. The van der Waals surface area contributed by atoms with Crippen molar-refractivity contribution in [1.82, 2.24) is 10.6 Å². The average Bonchev–Trinajstić information content (AvgIpc) is 2.97. The van der Waals surface area contributed by atoms with Crippen LogP contribution in [0.4, 0.5) is 0 Å². The number of nitrogens with one attached hydrogen (secondary N) is 2. The molecule has 1 amide bonds. The average molecular weight is 254 g/mol. The third-order valence-corrected chi connectivity index (χ3v) is 4.87. The fourth-order valence-electron chi connectivity index (χ4n) is 3.41. The molecular weight excluding hydrogens is 228 g/mol. The molecule has 4 heteroatoms. The molecule has 2 N–H and O–H groups in total. The normalized spacial score (nSPS) is 40.1. The monoisotopic (exact) mass is 254 g/mol. The van der Waals surface area contributed by atoms with E-state index in [1.54, 1.807) is 0 Å². The van der Waals surface area contributed by atoms with Gasteiger partial charge in [0.1, 0.15) is 0 Å².